The minimum atomic E-state index is 1.21. The number of hydrogen-bond donors (Lipinski definition) is 0. The van der Waals surface area contributed by atoms with Crippen LogP contribution in [0.2, 0.25) is 0 Å². The van der Waals surface area contributed by atoms with Crippen LogP contribution in [0.15, 0.2) is 23.8 Å². The fourth-order valence-corrected chi connectivity index (χ4v) is 1.04. The molecule has 0 amide bonds. The summed E-state index contributed by atoms with van der Waals surface area (Å²) in [5.41, 5.74) is 1.41. The predicted molar refractivity (Wildman–Crippen MR) is 57.3 cm³/mol. The molecular weight excluding hydrogens is 144 g/mol. The van der Waals surface area contributed by atoms with Crippen LogP contribution in [0.3, 0.4) is 0 Å². The molecule has 0 N–H and O–H groups in total. The molecule has 0 saturated heterocycles. The highest BCUT2D eigenvalue weighted by Gasteiger charge is 1.82. The minimum Gasteiger partial charge on any atom is -0.0843 e. The Morgan fingerprint density at radius 2 is 1.83 bits per heavy atom. The highest BCUT2D eigenvalue weighted by molar-refractivity contribution is 5.15. The number of allylic oxidation sites excluding steroid dienone is 4. The first-order valence-electron chi connectivity index (χ1n) is 5.14. The molecule has 12 heavy (non-hydrogen) atoms. The van der Waals surface area contributed by atoms with Crippen LogP contribution < -0.4 is 0 Å². The molecule has 0 bridgehead atoms. The second-order valence-corrected chi connectivity index (χ2v) is 3.28. The molecule has 0 atom stereocenters. The van der Waals surface area contributed by atoms with E-state index in [0.29, 0.717) is 0 Å². The Bertz CT molecular complexity index is 140. The van der Waals surface area contributed by atoms with Crippen LogP contribution >= 0.6 is 0 Å². The summed E-state index contributed by atoms with van der Waals surface area (Å²) in [4.78, 5) is 0. The summed E-state index contributed by atoms with van der Waals surface area (Å²) in [6.45, 7) is 6.62. The van der Waals surface area contributed by atoms with Crippen LogP contribution in [0, 0.1) is 0 Å². The van der Waals surface area contributed by atoms with E-state index in [2.05, 4.69) is 39.0 Å². The highest BCUT2D eigenvalue weighted by atomic mass is 13.9. The van der Waals surface area contributed by atoms with Gasteiger partial charge in [-0.2, -0.15) is 0 Å². The van der Waals surface area contributed by atoms with Crippen molar-refractivity contribution in [3.63, 3.8) is 0 Å². The maximum Gasteiger partial charge on any atom is -0.0345 e. The van der Waals surface area contributed by atoms with Crippen LogP contribution in [0.25, 0.3) is 0 Å². The van der Waals surface area contributed by atoms with Gasteiger partial charge >= 0.3 is 0 Å². The normalized spacial score (nSPS) is 12.8. The molecule has 0 saturated carbocycles. The van der Waals surface area contributed by atoms with Crippen molar-refractivity contribution < 1.29 is 0 Å². The molecule has 0 aromatic rings. The predicted octanol–water partition coefficient (Wildman–Crippen LogP) is 4.48. The zero-order valence-electron chi connectivity index (χ0n) is 8.77. The van der Waals surface area contributed by atoms with E-state index in [1.54, 1.807) is 0 Å². The van der Waals surface area contributed by atoms with E-state index in [4.69, 9.17) is 0 Å². The molecule has 0 aliphatic rings. The van der Waals surface area contributed by atoms with Gasteiger partial charge in [0.25, 0.3) is 0 Å². The van der Waals surface area contributed by atoms with E-state index >= 15 is 0 Å². The molecule has 0 heteroatoms. The van der Waals surface area contributed by atoms with Crippen molar-refractivity contribution in [2.24, 2.45) is 0 Å². The Hall–Kier alpha value is -0.520. The number of unbranched alkanes of at least 4 members (excludes halogenated alkanes) is 3. The third-order valence-electron chi connectivity index (χ3n) is 1.86. The molecule has 70 valence electrons. The first-order valence-corrected chi connectivity index (χ1v) is 5.14. The van der Waals surface area contributed by atoms with Crippen molar-refractivity contribution in [3.05, 3.63) is 23.8 Å². The second kappa shape index (κ2) is 8.58. The van der Waals surface area contributed by atoms with Crippen LogP contribution in [0.5, 0.6) is 0 Å². The first kappa shape index (κ1) is 11.5. The quantitative estimate of drug-likeness (QED) is 0.403. The highest BCUT2D eigenvalue weighted by Crippen LogP contribution is 2.03. The van der Waals surface area contributed by atoms with Crippen LogP contribution in [-0.2, 0) is 0 Å². The zero-order valence-corrected chi connectivity index (χ0v) is 8.77. The third-order valence-corrected chi connectivity index (χ3v) is 1.86. The summed E-state index contributed by atoms with van der Waals surface area (Å²) in [5, 5.41) is 0. The van der Waals surface area contributed by atoms with Crippen molar-refractivity contribution in [2.45, 2.75) is 52.9 Å². The number of hydrogen-bond acceptors (Lipinski definition) is 0. The van der Waals surface area contributed by atoms with E-state index in [9.17, 15) is 0 Å². The van der Waals surface area contributed by atoms with Gasteiger partial charge in [-0.3, -0.25) is 0 Å². The van der Waals surface area contributed by atoms with E-state index in [0.717, 1.165) is 0 Å². The standard InChI is InChI=1S/C12H22/c1-4-6-8-10-12(3)11-9-7-5-2/h8,10-11H,4-7,9H2,1-3H3. The van der Waals surface area contributed by atoms with Gasteiger partial charge in [0.15, 0.2) is 0 Å². The van der Waals surface area contributed by atoms with Crippen molar-refractivity contribution in [1.29, 1.82) is 0 Å². The lowest BCUT2D eigenvalue weighted by molar-refractivity contribution is 0.812. The van der Waals surface area contributed by atoms with Crippen LogP contribution in [-0.4, -0.2) is 0 Å². The van der Waals surface area contributed by atoms with Gasteiger partial charge in [-0.1, -0.05) is 56.9 Å². The van der Waals surface area contributed by atoms with Crippen molar-refractivity contribution in [2.75, 3.05) is 0 Å². The fraction of sp³-hybridized carbons (Fsp3) is 0.667. The summed E-state index contributed by atoms with van der Waals surface area (Å²) < 4.78 is 0. The average molecular weight is 166 g/mol. The molecule has 0 unspecified atom stereocenters. The van der Waals surface area contributed by atoms with Gasteiger partial charge in [-0.25, -0.2) is 0 Å². The van der Waals surface area contributed by atoms with Gasteiger partial charge in [0.2, 0.25) is 0 Å². The Balaban J connectivity index is 3.54. The van der Waals surface area contributed by atoms with Crippen LogP contribution in [0.4, 0.5) is 0 Å². The fourth-order valence-electron chi connectivity index (χ4n) is 1.04. The van der Waals surface area contributed by atoms with Crippen LogP contribution in [0.1, 0.15) is 52.9 Å². The van der Waals surface area contributed by atoms with Crippen molar-refractivity contribution in [3.8, 4) is 0 Å². The van der Waals surface area contributed by atoms with Gasteiger partial charge in [0.05, 0.1) is 0 Å². The second-order valence-electron chi connectivity index (χ2n) is 3.28. The van der Waals surface area contributed by atoms with Gasteiger partial charge in [0.1, 0.15) is 0 Å². The third kappa shape index (κ3) is 7.59. The van der Waals surface area contributed by atoms with Gasteiger partial charge in [-0.15, -0.1) is 0 Å². The smallest absolute Gasteiger partial charge is 0.0345 e. The lowest BCUT2D eigenvalue weighted by Crippen LogP contribution is -1.72. The zero-order chi connectivity index (χ0) is 9.23. The molecule has 0 spiro atoms. The molecule has 0 aliphatic heterocycles. The molecular formula is C12H22. The molecule has 0 aliphatic carbocycles. The Kier molecular flexibility index (Phi) is 8.20. The topological polar surface area (TPSA) is 0 Å². The first-order chi connectivity index (χ1) is 5.81. The Morgan fingerprint density at radius 1 is 1.08 bits per heavy atom. The van der Waals surface area contributed by atoms with E-state index < -0.39 is 0 Å². The SMILES string of the molecule is CCCC=CC(C)=CCCCC. The Morgan fingerprint density at radius 3 is 2.42 bits per heavy atom. The van der Waals surface area contributed by atoms with Crippen molar-refractivity contribution in [1.82, 2.24) is 0 Å². The van der Waals surface area contributed by atoms with Gasteiger partial charge in [-0.05, 0) is 19.8 Å². The largest absolute Gasteiger partial charge is 0.0843 e. The summed E-state index contributed by atoms with van der Waals surface area (Å²) in [6, 6.07) is 0. The summed E-state index contributed by atoms with van der Waals surface area (Å²) in [5.74, 6) is 0. The molecule has 0 rings (SSSR count). The molecule has 0 nitrogen and oxygen atoms in total. The molecule has 0 aromatic heterocycles. The number of rotatable bonds is 6. The summed E-state index contributed by atoms with van der Waals surface area (Å²) in [7, 11) is 0. The lowest BCUT2D eigenvalue weighted by Gasteiger charge is -1.92. The monoisotopic (exact) mass is 166 g/mol. The lowest BCUT2D eigenvalue weighted by atomic mass is 10.1. The van der Waals surface area contributed by atoms with E-state index in [1.165, 1.54) is 37.7 Å². The summed E-state index contributed by atoms with van der Waals surface area (Å²) >= 11 is 0. The maximum absolute atomic E-state index is 2.33. The van der Waals surface area contributed by atoms with E-state index in [1.807, 2.05) is 0 Å². The Labute approximate surface area is 77.4 Å². The molecule has 0 heterocycles. The maximum atomic E-state index is 2.33. The molecule has 0 radical (unpaired) electrons. The van der Waals surface area contributed by atoms with E-state index in [-0.39, 0.29) is 0 Å². The summed E-state index contributed by atoms with van der Waals surface area (Å²) in [6.07, 6.45) is 13.1. The van der Waals surface area contributed by atoms with Crippen molar-refractivity contribution >= 4 is 0 Å². The van der Waals surface area contributed by atoms with Gasteiger partial charge < -0.3 is 0 Å². The molecule has 0 aromatic carbocycles. The molecule has 0 fully saturated rings. The minimum absolute atomic E-state index is 1.21. The average Bonchev–Trinajstić information content (AvgIpc) is 2.06. The van der Waals surface area contributed by atoms with Gasteiger partial charge in [0, 0.05) is 0 Å².